The van der Waals surface area contributed by atoms with Crippen LogP contribution in [0.5, 0.6) is 0 Å². The van der Waals surface area contributed by atoms with Crippen LogP contribution in [0.3, 0.4) is 0 Å². The molecule has 0 saturated carbocycles. The standard InChI is InChI=1S/C12H9Br3S/c1-7-10(6-11(14)16-7)12(15)8-3-2-4-9(13)5-8/h2-6,12H,1H3. The van der Waals surface area contributed by atoms with Gasteiger partial charge in [-0.15, -0.1) is 11.3 Å². The number of halogens is 3. The van der Waals surface area contributed by atoms with Gasteiger partial charge in [0.2, 0.25) is 0 Å². The summed E-state index contributed by atoms with van der Waals surface area (Å²) in [4.78, 5) is 1.60. The highest BCUT2D eigenvalue weighted by Gasteiger charge is 2.15. The first-order valence-corrected chi connectivity index (χ1v) is 8.05. The van der Waals surface area contributed by atoms with Gasteiger partial charge in [0.25, 0.3) is 0 Å². The summed E-state index contributed by atoms with van der Waals surface area (Å²) in [6.07, 6.45) is 0. The lowest BCUT2D eigenvalue weighted by molar-refractivity contribution is 1.17. The molecule has 2 aromatic rings. The number of hydrogen-bond donors (Lipinski definition) is 0. The molecule has 0 aliphatic rings. The minimum Gasteiger partial charge on any atom is -0.133 e. The summed E-state index contributed by atoms with van der Waals surface area (Å²) in [5, 5.41) is 0. The van der Waals surface area contributed by atoms with Crippen molar-refractivity contribution in [2.24, 2.45) is 0 Å². The van der Waals surface area contributed by atoms with Crippen molar-refractivity contribution in [3.63, 3.8) is 0 Å². The first-order chi connectivity index (χ1) is 7.58. The number of hydrogen-bond acceptors (Lipinski definition) is 1. The Morgan fingerprint density at radius 3 is 2.50 bits per heavy atom. The molecule has 0 N–H and O–H groups in total. The fourth-order valence-electron chi connectivity index (χ4n) is 1.55. The summed E-state index contributed by atoms with van der Waals surface area (Å²) in [5.41, 5.74) is 2.60. The van der Waals surface area contributed by atoms with Gasteiger partial charge in [-0.05, 0) is 52.2 Å². The molecule has 0 saturated heterocycles. The summed E-state index contributed by atoms with van der Waals surface area (Å²) < 4.78 is 2.29. The second kappa shape index (κ2) is 5.34. The molecule has 0 aliphatic carbocycles. The quantitative estimate of drug-likeness (QED) is 0.513. The molecule has 2 rings (SSSR count). The number of aryl methyl sites for hydroxylation is 1. The SMILES string of the molecule is Cc1sc(Br)cc1C(Br)c1cccc(Br)c1. The molecule has 0 fully saturated rings. The summed E-state index contributed by atoms with van der Waals surface area (Å²) in [6, 6.07) is 10.6. The van der Waals surface area contributed by atoms with Crippen LogP contribution < -0.4 is 0 Å². The van der Waals surface area contributed by atoms with Gasteiger partial charge in [0.15, 0.2) is 0 Å². The van der Waals surface area contributed by atoms with Crippen LogP contribution in [-0.4, -0.2) is 0 Å². The molecule has 0 spiro atoms. The average molecular weight is 425 g/mol. The lowest BCUT2D eigenvalue weighted by Gasteiger charge is -2.10. The predicted molar refractivity (Wildman–Crippen MR) is 81.7 cm³/mol. The molecule has 1 aromatic carbocycles. The highest BCUT2D eigenvalue weighted by Crippen LogP contribution is 2.38. The lowest BCUT2D eigenvalue weighted by Crippen LogP contribution is -1.92. The second-order valence-electron chi connectivity index (χ2n) is 3.48. The molecule has 1 heterocycles. The summed E-state index contributed by atoms with van der Waals surface area (Å²) in [7, 11) is 0. The molecule has 0 nitrogen and oxygen atoms in total. The molecule has 0 amide bonds. The normalized spacial score (nSPS) is 12.8. The van der Waals surface area contributed by atoms with E-state index >= 15 is 0 Å². The summed E-state index contributed by atoms with van der Waals surface area (Å²) in [6.45, 7) is 2.15. The fraction of sp³-hybridized carbons (Fsp3) is 0.167. The molecule has 0 radical (unpaired) electrons. The Balaban J connectivity index is 2.38. The number of rotatable bonds is 2. The van der Waals surface area contributed by atoms with E-state index in [0.717, 1.165) is 4.47 Å². The summed E-state index contributed by atoms with van der Waals surface area (Å²) >= 11 is 12.6. The zero-order valence-electron chi connectivity index (χ0n) is 8.51. The van der Waals surface area contributed by atoms with Gasteiger partial charge in [0.05, 0.1) is 8.61 Å². The van der Waals surface area contributed by atoms with Gasteiger partial charge in [-0.2, -0.15) is 0 Å². The zero-order valence-corrected chi connectivity index (χ0v) is 14.1. The zero-order chi connectivity index (χ0) is 11.7. The van der Waals surface area contributed by atoms with E-state index in [1.165, 1.54) is 19.8 Å². The van der Waals surface area contributed by atoms with Crippen molar-refractivity contribution in [2.45, 2.75) is 11.8 Å². The molecule has 84 valence electrons. The molecule has 16 heavy (non-hydrogen) atoms. The Hall–Kier alpha value is 0.360. The van der Waals surface area contributed by atoms with E-state index in [1.807, 2.05) is 6.07 Å². The Morgan fingerprint density at radius 1 is 1.19 bits per heavy atom. The largest absolute Gasteiger partial charge is 0.133 e. The predicted octanol–water partition coefficient (Wildman–Crippen LogP) is 6.07. The van der Waals surface area contributed by atoms with Gasteiger partial charge in [0, 0.05) is 9.35 Å². The van der Waals surface area contributed by atoms with Crippen molar-refractivity contribution in [2.75, 3.05) is 0 Å². The minimum absolute atomic E-state index is 0.257. The van der Waals surface area contributed by atoms with Crippen molar-refractivity contribution >= 4 is 59.1 Å². The number of thiophene rings is 1. The van der Waals surface area contributed by atoms with E-state index in [1.54, 1.807) is 11.3 Å². The molecule has 0 bridgehead atoms. The van der Waals surface area contributed by atoms with Crippen LogP contribution in [0.25, 0.3) is 0 Å². The third-order valence-electron chi connectivity index (χ3n) is 2.34. The molecule has 4 heteroatoms. The average Bonchev–Trinajstić information content (AvgIpc) is 2.57. The van der Waals surface area contributed by atoms with Gasteiger partial charge >= 0.3 is 0 Å². The fourth-order valence-corrected chi connectivity index (χ4v) is 4.63. The summed E-state index contributed by atoms with van der Waals surface area (Å²) in [5.74, 6) is 0. The maximum Gasteiger partial charge on any atom is 0.0704 e. The lowest BCUT2D eigenvalue weighted by atomic mass is 10.1. The van der Waals surface area contributed by atoms with Gasteiger partial charge < -0.3 is 0 Å². The van der Waals surface area contributed by atoms with Gasteiger partial charge in [-0.25, -0.2) is 0 Å². The van der Waals surface area contributed by atoms with E-state index in [0.29, 0.717) is 0 Å². The van der Waals surface area contributed by atoms with E-state index in [9.17, 15) is 0 Å². The number of alkyl halides is 1. The molecule has 0 aliphatic heterocycles. The van der Waals surface area contributed by atoms with Crippen LogP contribution in [0.15, 0.2) is 38.6 Å². The molecule has 1 atom stereocenters. The Morgan fingerprint density at radius 2 is 1.94 bits per heavy atom. The van der Waals surface area contributed by atoms with Crippen molar-refractivity contribution in [3.05, 3.63) is 54.6 Å². The van der Waals surface area contributed by atoms with E-state index in [2.05, 4.69) is 79.0 Å². The van der Waals surface area contributed by atoms with Crippen molar-refractivity contribution < 1.29 is 0 Å². The highest BCUT2D eigenvalue weighted by molar-refractivity contribution is 9.11. The van der Waals surface area contributed by atoms with Crippen molar-refractivity contribution in [3.8, 4) is 0 Å². The topological polar surface area (TPSA) is 0 Å². The highest BCUT2D eigenvalue weighted by atomic mass is 79.9. The van der Waals surface area contributed by atoms with Gasteiger partial charge in [-0.3, -0.25) is 0 Å². The third-order valence-corrected chi connectivity index (χ3v) is 5.42. The van der Waals surface area contributed by atoms with Crippen molar-refractivity contribution in [1.82, 2.24) is 0 Å². The molecule has 1 unspecified atom stereocenters. The Kier molecular flexibility index (Phi) is 4.27. The second-order valence-corrected chi connectivity index (χ2v) is 7.95. The van der Waals surface area contributed by atoms with E-state index < -0.39 is 0 Å². The maximum absolute atomic E-state index is 3.76. The monoisotopic (exact) mass is 422 g/mol. The first kappa shape index (κ1) is 12.8. The van der Waals surface area contributed by atoms with E-state index in [-0.39, 0.29) is 4.83 Å². The maximum atomic E-state index is 3.76. The van der Waals surface area contributed by atoms with Crippen LogP contribution in [0, 0.1) is 6.92 Å². The van der Waals surface area contributed by atoms with Crippen LogP contribution in [0.2, 0.25) is 0 Å². The molecular weight excluding hydrogens is 416 g/mol. The van der Waals surface area contributed by atoms with Crippen LogP contribution in [0.1, 0.15) is 20.8 Å². The third kappa shape index (κ3) is 2.78. The van der Waals surface area contributed by atoms with Gasteiger partial charge in [-0.1, -0.05) is 44.0 Å². The smallest absolute Gasteiger partial charge is 0.0704 e. The number of benzene rings is 1. The van der Waals surface area contributed by atoms with Gasteiger partial charge in [0.1, 0.15) is 0 Å². The molecule has 1 aromatic heterocycles. The molecular formula is C12H9Br3S. The van der Waals surface area contributed by atoms with E-state index in [4.69, 9.17) is 0 Å². The first-order valence-electron chi connectivity index (χ1n) is 4.73. The van der Waals surface area contributed by atoms with Crippen LogP contribution >= 0.6 is 59.1 Å². The minimum atomic E-state index is 0.257. The Labute approximate surface area is 124 Å². The Bertz CT molecular complexity index is 505. The van der Waals surface area contributed by atoms with Crippen molar-refractivity contribution in [1.29, 1.82) is 0 Å². The van der Waals surface area contributed by atoms with Crippen LogP contribution in [-0.2, 0) is 0 Å². The van der Waals surface area contributed by atoms with Crippen LogP contribution in [0.4, 0.5) is 0 Å².